The summed E-state index contributed by atoms with van der Waals surface area (Å²) < 4.78 is 13.9. The number of halogens is 4. The zero-order valence-electron chi connectivity index (χ0n) is 21.0. The lowest BCUT2D eigenvalue weighted by atomic mass is 10.1. The van der Waals surface area contributed by atoms with Gasteiger partial charge in [-0.15, -0.1) is 0 Å². The maximum atomic E-state index is 13.4. The molecule has 3 aromatic carbocycles. The number of benzene rings is 3. The number of nitrogens with zero attached hydrogens (tertiary/aromatic N) is 3. The van der Waals surface area contributed by atoms with E-state index in [2.05, 4.69) is 21.0 Å². The highest BCUT2D eigenvalue weighted by Gasteiger charge is 2.17. The minimum absolute atomic E-state index is 0.0209. The van der Waals surface area contributed by atoms with E-state index >= 15 is 0 Å². The zero-order chi connectivity index (χ0) is 27.4. The third-order valence-electron chi connectivity index (χ3n) is 5.91. The lowest BCUT2D eigenvalue weighted by molar-refractivity contribution is 0.269. The quantitative estimate of drug-likeness (QED) is 0.173. The van der Waals surface area contributed by atoms with Gasteiger partial charge in [0.1, 0.15) is 12.4 Å². The summed E-state index contributed by atoms with van der Waals surface area (Å²) in [5.74, 6) is 1.46. The van der Waals surface area contributed by atoms with Gasteiger partial charge in [0.2, 0.25) is 0 Å². The van der Waals surface area contributed by atoms with Crippen molar-refractivity contribution in [1.29, 1.82) is 0 Å². The van der Waals surface area contributed by atoms with Crippen LogP contribution < -0.4 is 15.0 Å². The largest absolute Gasteiger partial charge is 0.490 e. The topological polar surface area (TPSA) is 65.7 Å². The standard InChI is InChI=1S/C28H25BrCl3N3O3/c1-4-16(3)27-34-24-9-7-19(29)13-20(24)28(36)35(27)33-14-18-11-23(32)26(25(12-18)37-5-2)38-15-17-6-8-21(30)22(31)10-17/h6-14,16H,4-5,15H2,1-3H3/t16-/m1/s1. The second-order valence-corrected chi connectivity index (χ2v) is 10.7. The number of rotatable bonds is 9. The van der Waals surface area contributed by atoms with Gasteiger partial charge in [-0.1, -0.05) is 70.6 Å². The summed E-state index contributed by atoms with van der Waals surface area (Å²) in [6.07, 6.45) is 2.37. The van der Waals surface area contributed by atoms with E-state index in [9.17, 15) is 4.79 Å². The first-order valence-corrected chi connectivity index (χ1v) is 13.9. The number of fused-ring (bicyclic) bond motifs is 1. The minimum Gasteiger partial charge on any atom is -0.490 e. The Hall–Kier alpha value is -2.58. The molecule has 0 N–H and O–H groups in total. The van der Waals surface area contributed by atoms with Crippen molar-refractivity contribution in [2.45, 2.75) is 39.7 Å². The third kappa shape index (κ3) is 6.34. The van der Waals surface area contributed by atoms with E-state index in [1.54, 1.807) is 36.5 Å². The summed E-state index contributed by atoms with van der Waals surface area (Å²) in [6.45, 7) is 6.55. The first-order chi connectivity index (χ1) is 18.2. The number of ether oxygens (including phenoxy) is 2. The van der Waals surface area contributed by atoms with E-state index in [1.165, 1.54) is 4.68 Å². The van der Waals surface area contributed by atoms with Gasteiger partial charge in [0, 0.05) is 10.4 Å². The molecule has 0 bridgehead atoms. The van der Waals surface area contributed by atoms with Crippen molar-refractivity contribution in [3.63, 3.8) is 0 Å². The van der Waals surface area contributed by atoms with Crippen LogP contribution in [0.1, 0.15) is 50.1 Å². The molecule has 4 aromatic rings. The molecule has 1 atom stereocenters. The van der Waals surface area contributed by atoms with Crippen LogP contribution in [0.4, 0.5) is 0 Å². The van der Waals surface area contributed by atoms with Crippen LogP contribution in [0.2, 0.25) is 15.1 Å². The van der Waals surface area contributed by atoms with Gasteiger partial charge < -0.3 is 9.47 Å². The minimum atomic E-state index is -0.249. The molecule has 1 heterocycles. The van der Waals surface area contributed by atoms with Gasteiger partial charge in [0.15, 0.2) is 11.5 Å². The number of aromatic nitrogens is 2. The van der Waals surface area contributed by atoms with Crippen LogP contribution in [0.3, 0.4) is 0 Å². The van der Waals surface area contributed by atoms with Gasteiger partial charge in [-0.25, -0.2) is 4.98 Å². The van der Waals surface area contributed by atoms with E-state index in [1.807, 2.05) is 39.0 Å². The molecular formula is C28H25BrCl3N3O3. The fraction of sp³-hybridized carbons (Fsp3) is 0.250. The molecule has 1 aromatic heterocycles. The fourth-order valence-electron chi connectivity index (χ4n) is 3.75. The second kappa shape index (κ2) is 12.5. The molecule has 0 aliphatic carbocycles. The van der Waals surface area contributed by atoms with Crippen molar-refractivity contribution in [2.24, 2.45) is 5.10 Å². The van der Waals surface area contributed by atoms with Crippen molar-refractivity contribution in [2.75, 3.05) is 6.61 Å². The Labute approximate surface area is 244 Å². The molecule has 4 rings (SSSR count). The van der Waals surface area contributed by atoms with Crippen molar-refractivity contribution < 1.29 is 9.47 Å². The molecule has 0 saturated heterocycles. The van der Waals surface area contributed by atoms with Gasteiger partial charge in [0.05, 0.1) is 38.8 Å². The molecule has 10 heteroatoms. The summed E-state index contributed by atoms with van der Waals surface area (Å²) in [5.41, 5.74) is 1.85. The highest BCUT2D eigenvalue weighted by Crippen LogP contribution is 2.37. The summed E-state index contributed by atoms with van der Waals surface area (Å²) in [7, 11) is 0. The van der Waals surface area contributed by atoms with Gasteiger partial charge >= 0.3 is 0 Å². The van der Waals surface area contributed by atoms with Gasteiger partial charge in [-0.05, 0) is 66.9 Å². The van der Waals surface area contributed by atoms with Crippen molar-refractivity contribution in [1.82, 2.24) is 9.66 Å². The highest BCUT2D eigenvalue weighted by molar-refractivity contribution is 9.10. The SMILES string of the molecule is CCOc1cc(C=Nn2c([C@H](C)CC)nc3ccc(Br)cc3c2=O)cc(Cl)c1OCc1ccc(Cl)c(Cl)c1. The summed E-state index contributed by atoms with van der Waals surface area (Å²) in [4.78, 5) is 18.1. The Morgan fingerprint density at radius 1 is 1.03 bits per heavy atom. The van der Waals surface area contributed by atoms with Crippen molar-refractivity contribution in [3.8, 4) is 11.5 Å². The van der Waals surface area contributed by atoms with Crippen LogP contribution in [0.5, 0.6) is 11.5 Å². The Kier molecular flexibility index (Phi) is 9.36. The predicted octanol–water partition coefficient (Wildman–Crippen LogP) is 8.49. The van der Waals surface area contributed by atoms with Crippen molar-refractivity contribution >= 4 is 67.9 Å². The molecule has 0 spiro atoms. The van der Waals surface area contributed by atoms with E-state index in [-0.39, 0.29) is 18.1 Å². The van der Waals surface area contributed by atoms with Gasteiger partial charge in [0.25, 0.3) is 5.56 Å². The Balaban J connectivity index is 1.70. The van der Waals surface area contributed by atoms with E-state index in [0.29, 0.717) is 55.5 Å². The number of hydrogen-bond donors (Lipinski definition) is 0. The van der Waals surface area contributed by atoms with Gasteiger partial charge in [-0.2, -0.15) is 9.78 Å². The van der Waals surface area contributed by atoms with Crippen LogP contribution in [0, 0.1) is 0 Å². The number of hydrogen-bond acceptors (Lipinski definition) is 5. The lowest BCUT2D eigenvalue weighted by Gasteiger charge is -2.15. The van der Waals surface area contributed by atoms with Crippen LogP contribution >= 0.6 is 50.7 Å². The maximum Gasteiger partial charge on any atom is 0.282 e. The molecule has 0 fully saturated rings. The normalized spacial score (nSPS) is 12.3. The summed E-state index contributed by atoms with van der Waals surface area (Å²) in [6, 6.07) is 14.2. The van der Waals surface area contributed by atoms with E-state index in [0.717, 1.165) is 16.5 Å². The Morgan fingerprint density at radius 2 is 1.82 bits per heavy atom. The molecule has 38 heavy (non-hydrogen) atoms. The predicted molar refractivity (Wildman–Crippen MR) is 159 cm³/mol. The second-order valence-electron chi connectivity index (χ2n) is 8.60. The molecule has 0 radical (unpaired) electrons. The summed E-state index contributed by atoms with van der Waals surface area (Å²) in [5, 5.41) is 6.25. The van der Waals surface area contributed by atoms with Crippen molar-refractivity contribution in [3.05, 3.63) is 95.4 Å². The molecule has 0 aliphatic rings. The fourth-order valence-corrected chi connectivity index (χ4v) is 4.71. The Morgan fingerprint density at radius 3 is 2.53 bits per heavy atom. The third-order valence-corrected chi connectivity index (χ3v) is 7.42. The molecule has 198 valence electrons. The summed E-state index contributed by atoms with van der Waals surface area (Å²) >= 11 is 22.2. The van der Waals surface area contributed by atoms with Crippen LogP contribution in [-0.4, -0.2) is 22.5 Å². The molecule has 0 aliphatic heterocycles. The molecule has 0 amide bonds. The highest BCUT2D eigenvalue weighted by atomic mass is 79.9. The van der Waals surface area contributed by atoms with Crippen LogP contribution in [-0.2, 0) is 6.61 Å². The molecule has 6 nitrogen and oxygen atoms in total. The van der Waals surface area contributed by atoms with E-state index < -0.39 is 0 Å². The van der Waals surface area contributed by atoms with Crippen LogP contribution in [0.25, 0.3) is 10.9 Å². The first-order valence-electron chi connectivity index (χ1n) is 12.0. The average molecular weight is 638 g/mol. The van der Waals surface area contributed by atoms with Crippen LogP contribution in [0.15, 0.2) is 62.9 Å². The first kappa shape index (κ1) is 28.4. The average Bonchev–Trinajstić information content (AvgIpc) is 2.89. The smallest absolute Gasteiger partial charge is 0.282 e. The van der Waals surface area contributed by atoms with Gasteiger partial charge in [-0.3, -0.25) is 4.79 Å². The monoisotopic (exact) mass is 635 g/mol. The molecule has 0 unspecified atom stereocenters. The Bertz CT molecular complexity index is 1570. The molecule has 0 saturated carbocycles. The van der Waals surface area contributed by atoms with E-state index in [4.69, 9.17) is 49.3 Å². The zero-order valence-corrected chi connectivity index (χ0v) is 24.8. The lowest BCUT2D eigenvalue weighted by Crippen LogP contribution is -2.23. The molecular weight excluding hydrogens is 613 g/mol. The maximum absolute atomic E-state index is 13.4.